The van der Waals surface area contributed by atoms with Crippen LogP contribution in [0.1, 0.15) is 6.42 Å². The van der Waals surface area contributed by atoms with Gasteiger partial charge in [0.25, 0.3) is 10.0 Å². The first-order chi connectivity index (χ1) is 14.0. The van der Waals surface area contributed by atoms with Crippen molar-refractivity contribution in [2.75, 3.05) is 22.4 Å². The second-order valence-corrected chi connectivity index (χ2v) is 9.43. The maximum Gasteiger partial charge on any atom is 0.264 e. The molecule has 0 spiro atoms. The highest BCUT2D eigenvalue weighted by atomic mass is 32.2. The molecule has 5 nitrogen and oxygen atoms in total. The molecule has 0 unspecified atom stereocenters. The number of hydrogen-bond acceptors (Lipinski definition) is 4. The highest BCUT2D eigenvalue weighted by Gasteiger charge is 2.21. The number of anilines is 2. The summed E-state index contributed by atoms with van der Waals surface area (Å²) in [4.78, 5) is 13.5. The van der Waals surface area contributed by atoms with Crippen LogP contribution in [0.25, 0.3) is 0 Å². The summed E-state index contributed by atoms with van der Waals surface area (Å²) in [6.07, 6.45) is 0.334. The molecule has 0 bridgehead atoms. The summed E-state index contributed by atoms with van der Waals surface area (Å²) in [5, 5.41) is 2.78. The maximum absolute atomic E-state index is 12.9. The number of nitrogens with zero attached hydrogens (tertiary/aromatic N) is 1. The van der Waals surface area contributed by atoms with Crippen LogP contribution in [0.2, 0.25) is 0 Å². The molecule has 0 aromatic heterocycles. The molecule has 0 fully saturated rings. The Balaban J connectivity index is 1.63. The van der Waals surface area contributed by atoms with Gasteiger partial charge in [0, 0.05) is 29.8 Å². The van der Waals surface area contributed by atoms with Gasteiger partial charge in [-0.25, -0.2) is 8.42 Å². The van der Waals surface area contributed by atoms with E-state index in [4.69, 9.17) is 0 Å². The summed E-state index contributed by atoms with van der Waals surface area (Å²) >= 11 is 1.60. The van der Waals surface area contributed by atoms with Gasteiger partial charge in [0.1, 0.15) is 0 Å². The molecule has 0 radical (unpaired) electrons. The number of amides is 1. The van der Waals surface area contributed by atoms with Crippen LogP contribution in [0, 0.1) is 0 Å². The Morgan fingerprint density at radius 1 is 0.931 bits per heavy atom. The van der Waals surface area contributed by atoms with Crippen LogP contribution in [0.3, 0.4) is 0 Å². The van der Waals surface area contributed by atoms with Crippen molar-refractivity contribution < 1.29 is 13.2 Å². The second-order valence-electron chi connectivity index (χ2n) is 6.30. The van der Waals surface area contributed by atoms with Gasteiger partial charge in [-0.2, -0.15) is 0 Å². The van der Waals surface area contributed by atoms with Gasteiger partial charge in [-0.15, -0.1) is 11.8 Å². The summed E-state index contributed by atoms with van der Waals surface area (Å²) < 4.78 is 27.0. The zero-order valence-electron chi connectivity index (χ0n) is 16.0. The van der Waals surface area contributed by atoms with E-state index in [2.05, 4.69) is 5.32 Å². The van der Waals surface area contributed by atoms with Crippen molar-refractivity contribution in [1.82, 2.24) is 0 Å². The van der Waals surface area contributed by atoms with Crippen LogP contribution in [-0.4, -0.2) is 27.1 Å². The smallest absolute Gasteiger partial charge is 0.264 e. The molecule has 1 amide bonds. The quantitative estimate of drug-likeness (QED) is 0.533. The first-order valence-electron chi connectivity index (χ1n) is 9.08. The van der Waals surface area contributed by atoms with Gasteiger partial charge < -0.3 is 5.32 Å². The van der Waals surface area contributed by atoms with Gasteiger partial charge in [-0.05, 0) is 42.5 Å². The fraction of sp³-hybridized carbons (Fsp3) is 0.136. The Bertz CT molecular complexity index is 1060. The number of carbonyl (C=O) groups is 1. The third-order valence-corrected chi connectivity index (χ3v) is 7.03. The molecule has 3 rings (SSSR count). The van der Waals surface area contributed by atoms with Crippen LogP contribution < -0.4 is 9.62 Å². The van der Waals surface area contributed by atoms with E-state index in [1.807, 2.05) is 36.4 Å². The number of rotatable bonds is 8. The summed E-state index contributed by atoms with van der Waals surface area (Å²) in [7, 11) is -2.21. The number of sulfonamides is 1. The van der Waals surface area contributed by atoms with E-state index in [-0.39, 0.29) is 10.8 Å². The summed E-state index contributed by atoms with van der Waals surface area (Å²) in [5.74, 6) is 0.490. The molecule has 0 heterocycles. The maximum atomic E-state index is 12.9. The van der Waals surface area contributed by atoms with Gasteiger partial charge >= 0.3 is 0 Å². The molecule has 0 saturated heterocycles. The van der Waals surface area contributed by atoms with Crippen LogP contribution in [-0.2, 0) is 14.8 Å². The summed E-state index contributed by atoms with van der Waals surface area (Å²) in [6.45, 7) is 0. The van der Waals surface area contributed by atoms with Gasteiger partial charge in [-0.1, -0.05) is 42.5 Å². The Morgan fingerprint density at radius 3 is 2.28 bits per heavy atom. The number of nitrogens with one attached hydrogen (secondary N) is 1. The van der Waals surface area contributed by atoms with Gasteiger partial charge in [0.2, 0.25) is 5.91 Å². The Labute approximate surface area is 175 Å². The average Bonchev–Trinajstić information content (AvgIpc) is 2.75. The molecular weight excluding hydrogens is 404 g/mol. The van der Waals surface area contributed by atoms with E-state index in [1.165, 1.54) is 23.5 Å². The van der Waals surface area contributed by atoms with Crippen molar-refractivity contribution in [3.63, 3.8) is 0 Å². The monoisotopic (exact) mass is 426 g/mol. The number of para-hydroxylation sites is 1. The van der Waals surface area contributed by atoms with Crippen molar-refractivity contribution >= 4 is 39.1 Å². The largest absolute Gasteiger partial charge is 0.326 e. The summed E-state index contributed by atoms with van der Waals surface area (Å²) in [6, 6.07) is 25.0. The van der Waals surface area contributed by atoms with E-state index < -0.39 is 10.0 Å². The molecule has 0 aliphatic heterocycles. The number of hydrogen-bond donors (Lipinski definition) is 1. The minimum Gasteiger partial charge on any atom is -0.326 e. The van der Waals surface area contributed by atoms with Crippen LogP contribution in [0.5, 0.6) is 0 Å². The number of carbonyl (C=O) groups excluding carboxylic acids is 1. The van der Waals surface area contributed by atoms with E-state index in [9.17, 15) is 13.2 Å². The fourth-order valence-electron chi connectivity index (χ4n) is 2.67. The number of benzene rings is 3. The Morgan fingerprint density at radius 2 is 1.59 bits per heavy atom. The molecule has 0 atom stereocenters. The van der Waals surface area contributed by atoms with Gasteiger partial charge in [-0.3, -0.25) is 9.10 Å². The first-order valence-corrected chi connectivity index (χ1v) is 11.5. The zero-order valence-corrected chi connectivity index (χ0v) is 17.6. The van der Waals surface area contributed by atoms with Crippen molar-refractivity contribution in [3.05, 3.63) is 84.9 Å². The molecule has 1 N–H and O–H groups in total. The van der Waals surface area contributed by atoms with Crippen molar-refractivity contribution in [1.29, 1.82) is 0 Å². The van der Waals surface area contributed by atoms with E-state index in [1.54, 1.807) is 48.2 Å². The lowest BCUT2D eigenvalue weighted by Crippen LogP contribution is -2.26. The minimum atomic E-state index is -3.73. The molecule has 29 heavy (non-hydrogen) atoms. The third-order valence-electron chi connectivity index (χ3n) is 4.24. The Hall–Kier alpha value is -2.77. The Kier molecular flexibility index (Phi) is 6.95. The molecule has 150 valence electrons. The predicted octanol–water partition coefficient (Wildman–Crippen LogP) is 4.63. The highest BCUT2D eigenvalue weighted by molar-refractivity contribution is 7.99. The van der Waals surface area contributed by atoms with Crippen molar-refractivity contribution in [2.45, 2.75) is 16.2 Å². The third kappa shape index (κ3) is 5.62. The lowest BCUT2D eigenvalue weighted by molar-refractivity contribution is -0.115. The van der Waals surface area contributed by atoms with E-state index in [0.29, 0.717) is 23.5 Å². The van der Waals surface area contributed by atoms with Crippen molar-refractivity contribution in [3.8, 4) is 0 Å². The van der Waals surface area contributed by atoms with Gasteiger partial charge in [0.05, 0.1) is 10.6 Å². The van der Waals surface area contributed by atoms with E-state index in [0.717, 1.165) is 4.90 Å². The van der Waals surface area contributed by atoms with Crippen LogP contribution >= 0.6 is 11.8 Å². The zero-order chi connectivity index (χ0) is 20.7. The predicted molar refractivity (Wildman–Crippen MR) is 119 cm³/mol. The molecule has 0 aliphatic rings. The fourth-order valence-corrected chi connectivity index (χ4v) is 4.79. The molecule has 3 aromatic rings. The molecule has 3 aromatic carbocycles. The molecule has 0 saturated carbocycles. The lowest BCUT2D eigenvalue weighted by Gasteiger charge is -2.19. The highest BCUT2D eigenvalue weighted by Crippen LogP contribution is 2.24. The van der Waals surface area contributed by atoms with Gasteiger partial charge in [0.15, 0.2) is 0 Å². The van der Waals surface area contributed by atoms with Crippen molar-refractivity contribution in [2.24, 2.45) is 0 Å². The molecular formula is C22H22N2O3S2. The normalized spacial score (nSPS) is 11.1. The lowest BCUT2D eigenvalue weighted by atomic mass is 10.3. The minimum absolute atomic E-state index is 0.125. The first kappa shape index (κ1) is 21.0. The topological polar surface area (TPSA) is 66.5 Å². The average molecular weight is 427 g/mol. The van der Waals surface area contributed by atoms with Crippen LogP contribution in [0.15, 0.2) is 94.7 Å². The van der Waals surface area contributed by atoms with E-state index >= 15 is 0 Å². The second kappa shape index (κ2) is 9.62. The standard InChI is InChI=1S/C22H22N2O3S2/c1-24(19-10-4-2-5-11-19)29(26,27)21-14-8-9-18(17-21)23-22(25)15-16-28-20-12-6-3-7-13-20/h2-14,17H,15-16H2,1H3,(H,23,25). The number of thioether (sulfide) groups is 1. The molecule has 7 heteroatoms. The molecule has 0 aliphatic carbocycles. The summed E-state index contributed by atoms with van der Waals surface area (Å²) in [5.41, 5.74) is 1.03. The van der Waals surface area contributed by atoms with Crippen LogP contribution in [0.4, 0.5) is 11.4 Å². The SMILES string of the molecule is CN(c1ccccc1)S(=O)(=O)c1cccc(NC(=O)CCSc2ccccc2)c1.